The number of allylic oxidation sites excluding steroid dienone is 4. The third-order valence-electron chi connectivity index (χ3n) is 2.68. The van der Waals surface area contributed by atoms with Crippen molar-refractivity contribution in [3.05, 3.63) is 24.3 Å². The van der Waals surface area contributed by atoms with Crippen molar-refractivity contribution in [3.8, 4) is 0 Å². The first-order valence-corrected chi connectivity index (χ1v) is 5.69. The molecule has 0 heterocycles. The second-order valence-corrected chi connectivity index (χ2v) is 3.92. The summed E-state index contributed by atoms with van der Waals surface area (Å²) >= 11 is 0. The Balaban J connectivity index is 2.37. The molecular formula is C13H20O. The molecule has 0 aromatic carbocycles. The molecule has 1 heteroatoms. The molecule has 0 saturated carbocycles. The van der Waals surface area contributed by atoms with Gasteiger partial charge in [0.15, 0.2) is 0 Å². The lowest BCUT2D eigenvalue weighted by Gasteiger charge is -2.07. The van der Waals surface area contributed by atoms with Gasteiger partial charge in [-0.2, -0.15) is 0 Å². The molecule has 0 aliphatic heterocycles. The van der Waals surface area contributed by atoms with Gasteiger partial charge in [-0.25, -0.2) is 0 Å². The summed E-state index contributed by atoms with van der Waals surface area (Å²) in [4.78, 5) is 10.7. The summed E-state index contributed by atoms with van der Waals surface area (Å²) in [5.41, 5.74) is 0. The van der Waals surface area contributed by atoms with Gasteiger partial charge in [0.25, 0.3) is 0 Å². The number of carbonyl (C=O) groups excluding carboxylic acids is 1. The van der Waals surface area contributed by atoms with Gasteiger partial charge in [-0.15, -0.1) is 0 Å². The SMILES string of the molecule is O=CC1CC/C=C\CC/C=C/CCC1. The predicted molar refractivity (Wildman–Crippen MR) is 60.2 cm³/mol. The van der Waals surface area contributed by atoms with Crippen LogP contribution >= 0.6 is 0 Å². The molecule has 0 N–H and O–H groups in total. The van der Waals surface area contributed by atoms with Crippen LogP contribution in [0.15, 0.2) is 24.3 Å². The van der Waals surface area contributed by atoms with Gasteiger partial charge in [-0.1, -0.05) is 24.3 Å². The molecule has 0 fully saturated rings. The van der Waals surface area contributed by atoms with Crippen LogP contribution in [0.3, 0.4) is 0 Å². The summed E-state index contributed by atoms with van der Waals surface area (Å²) in [6.07, 6.45) is 17.8. The summed E-state index contributed by atoms with van der Waals surface area (Å²) in [7, 11) is 0. The van der Waals surface area contributed by atoms with Crippen LogP contribution in [0.5, 0.6) is 0 Å². The molecule has 0 aromatic heterocycles. The molecule has 1 aliphatic rings. The van der Waals surface area contributed by atoms with Gasteiger partial charge in [0.05, 0.1) is 0 Å². The van der Waals surface area contributed by atoms with Crippen LogP contribution < -0.4 is 0 Å². The Labute approximate surface area is 86.9 Å². The van der Waals surface area contributed by atoms with Crippen molar-refractivity contribution in [2.75, 3.05) is 0 Å². The molecule has 0 saturated heterocycles. The maximum absolute atomic E-state index is 10.7. The summed E-state index contributed by atoms with van der Waals surface area (Å²) in [6, 6.07) is 0. The molecule has 1 rings (SSSR count). The minimum absolute atomic E-state index is 0.285. The van der Waals surface area contributed by atoms with Crippen LogP contribution in [0.2, 0.25) is 0 Å². The van der Waals surface area contributed by atoms with Crippen molar-refractivity contribution < 1.29 is 4.79 Å². The van der Waals surface area contributed by atoms with Crippen molar-refractivity contribution in [1.82, 2.24) is 0 Å². The minimum atomic E-state index is 0.285. The molecule has 1 aliphatic carbocycles. The number of hydrogen-bond donors (Lipinski definition) is 0. The highest BCUT2D eigenvalue weighted by Crippen LogP contribution is 2.14. The first kappa shape index (κ1) is 11.2. The predicted octanol–water partition coefficient (Wildman–Crippen LogP) is 3.66. The lowest BCUT2D eigenvalue weighted by Crippen LogP contribution is -2.01. The van der Waals surface area contributed by atoms with Gasteiger partial charge in [0, 0.05) is 5.92 Å². The summed E-state index contributed by atoms with van der Waals surface area (Å²) in [5.74, 6) is 0.285. The van der Waals surface area contributed by atoms with E-state index in [-0.39, 0.29) is 5.92 Å². The van der Waals surface area contributed by atoms with E-state index in [0.29, 0.717) is 0 Å². The Morgan fingerprint density at radius 2 is 1.50 bits per heavy atom. The molecule has 0 radical (unpaired) electrons. The number of rotatable bonds is 1. The molecule has 14 heavy (non-hydrogen) atoms. The van der Waals surface area contributed by atoms with E-state index >= 15 is 0 Å². The largest absolute Gasteiger partial charge is 0.303 e. The zero-order valence-electron chi connectivity index (χ0n) is 8.82. The van der Waals surface area contributed by atoms with Crippen LogP contribution in [0.1, 0.15) is 44.9 Å². The zero-order chi connectivity index (χ0) is 10.1. The number of hydrogen-bond acceptors (Lipinski definition) is 1. The quantitative estimate of drug-likeness (QED) is 0.457. The Bertz CT molecular complexity index is 203. The summed E-state index contributed by atoms with van der Waals surface area (Å²) < 4.78 is 0. The lowest BCUT2D eigenvalue weighted by atomic mass is 9.97. The monoisotopic (exact) mass is 192 g/mol. The van der Waals surface area contributed by atoms with Crippen molar-refractivity contribution >= 4 is 6.29 Å². The summed E-state index contributed by atoms with van der Waals surface area (Å²) in [5, 5.41) is 0. The van der Waals surface area contributed by atoms with E-state index < -0.39 is 0 Å². The molecule has 1 unspecified atom stereocenters. The smallest absolute Gasteiger partial charge is 0.123 e. The third kappa shape index (κ3) is 5.00. The first-order valence-electron chi connectivity index (χ1n) is 5.69. The van der Waals surface area contributed by atoms with Gasteiger partial charge < -0.3 is 4.79 Å². The van der Waals surface area contributed by atoms with Gasteiger partial charge in [-0.05, 0) is 44.9 Å². The highest BCUT2D eigenvalue weighted by Gasteiger charge is 2.05. The Kier molecular flexibility index (Phi) is 6.05. The van der Waals surface area contributed by atoms with Gasteiger partial charge in [0.2, 0.25) is 0 Å². The van der Waals surface area contributed by atoms with Crippen LogP contribution in [-0.2, 0) is 4.79 Å². The molecule has 0 spiro atoms. The number of aldehydes is 1. The van der Waals surface area contributed by atoms with Gasteiger partial charge >= 0.3 is 0 Å². The van der Waals surface area contributed by atoms with E-state index in [9.17, 15) is 4.79 Å². The Morgan fingerprint density at radius 1 is 0.857 bits per heavy atom. The van der Waals surface area contributed by atoms with Gasteiger partial charge in [-0.3, -0.25) is 0 Å². The van der Waals surface area contributed by atoms with Crippen LogP contribution in [0, 0.1) is 5.92 Å². The van der Waals surface area contributed by atoms with E-state index in [4.69, 9.17) is 0 Å². The minimum Gasteiger partial charge on any atom is -0.303 e. The molecule has 0 aromatic rings. The fourth-order valence-corrected chi connectivity index (χ4v) is 1.75. The topological polar surface area (TPSA) is 17.1 Å². The highest BCUT2D eigenvalue weighted by molar-refractivity contribution is 5.53. The molecule has 0 bridgehead atoms. The normalized spacial score (nSPS) is 29.6. The van der Waals surface area contributed by atoms with Crippen LogP contribution in [0.4, 0.5) is 0 Å². The van der Waals surface area contributed by atoms with E-state index in [1.54, 1.807) is 0 Å². The van der Waals surface area contributed by atoms with E-state index in [2.05, 4.69) is 24.3 Å². The maximum Gasteiger partial charge on any atom is 0.123 e. The fourth-order valence-electron chi connectivity index (χ4n) is 1.75. The lowest BCUT2D eigenvalue weighted by molar-refractivity contribution is -0.111. The number of carbonyl (C=O) groups is 1. The Morgan fingerprint density at radius 3 is 2.21 bits per heavy atom. The molecular weight excluding hydrogens is 172 g/mol. The Hall–Kier alpha value is -0.850. The molecule has 1 nitrogen and oxygen atoms in total. The second-order valence-electron chi connectivity index (χ2n) is 3.92. The molecule has 1 atom stereocenters. The van der Waals surface area contributed by atoms with E-state index in [1.807, 2.05) is 0 Å². The van der Waals surface area contributed by atoms with E-state index in [0.717, 1.165) is 51.2 Å². The second kappa shape index (κ2) is 7.54. The standard InChI is InChI=1S/C13H20O/c14-12-13-10-8-6-4-2-1-3-5-7-9-11-13/h2,4-5,7,12-13H,1,3,6,8-11H2/b4-2+,7-5-. The average Bonchev–Trinajstić information content (AvgIpc) is 2.19. The van der Waals surface area contributed by atoms with Crippen molar-refractivity contribution in [1.29, 1.82) is 0 Å². The van der Waals surface area contributed by atoms with Crippen molar-refractivity contribution in [2.45, 2.75) is 44.9 Å². The zero-order valence-corrected chi connectivity index (χ0v) is 8.82. The first-order chi connectivity index (χ1) is 6.93. The third-order valence-corrected chi connectivity index (χ3v) is 2.68. The maximum atomic E-state index is 10.7. The van der Waals surface area contributed by atoms with Crippen molar-refractivity contribution in [3.63, 3.8) is 0 Å². The average molecular weight is 192 g/mol. The van der Waals surface area contributed by atoms with Gasteiger partial charge in [0.1, 0.15) is 6.29 Å². The fraction of sp³-hybridized carbons (Fsp3) is 0.615. The van der Waals surface area contributed by atoms with Crippen molar-refractivity contribution in [2.24, 2.45) is 5.92 Å². The summed E-state index contributed by atoms with van der Waals surface area (Å²) in [6.45, 7) is 0. The van der Waals surface area contributed by atoms with E-state index in [1.165, 1.54) is 0 Å². The van der Waals surface area contributed by atoms with Crippen LogP contribution in [-0.4, -0.2) is 6.29 Å². The molecule has 78 valence electrons. The van der Waals surface area contributed by atoms with Crippen LogP contribution in [0.25, 0.3) is 0 Å². The highest BCUT2D eigenvalue weighted by atomic mass is 16.1. The molecule has 0 amide bonds.